The van der Waals surface area contributed by atoms with Gasteiger partial charge < -0.3 is 14.8 Å². The van der Waals surface area contributed by atoms with Crippen LogP contribution in [-0.4, -0.2) is 25.3 Å². The lowest BCUT2D eigenvalue weighted by atomic mass is 10.1. The Hall–Kier alpha value is -2.67. The number of nitrogens with one attached hydrogen (secondary N) is 1. The minimum Gasteiger partial charge on any atom is -0.459 e. The van der Waals surface area contributed by atoms with Crippen LogP contribution in [0.1, 0.15) is 31.3 Å². The first kappa shape index (κ1) is 15.2. The second-order valence-corrected chi connectivity index (χ2v) is 5.24. The Morgan fingerprint density at radius 3 is 2.70 bits per heavy atom. The molecule has 120 valence electrons. The second-order valence-electron chi connectivity index (χ2n) is 5.24. The van der Waals surface area contributed by atoms with Crippen molar-refractivity contribution in [1.29, 1.82) is 0 Å². The van der Waals surface area contributed by atoms with Crippen LogP contribution in [0.25, 0.3) is 11.3 Å². The van der Waals surface area contributed by atoms with Gasteiger partial charge in [-0.3, -0.25) is 0 Å². The van der Waals surface area contributed by atoms with Gasteiger partial charge in [0.1, 0.15) is 11.5 Å². The van der Waals surface area contributed by atoms with Gasteiger partial charge in [-0.2, -0.15) is 0 Å². The highest BCUT2D eigenvalue weighted by Crippen LogP contribution is 2.24. The van der Waals surface area contributed by atoms with Crippen LogP contribution in [0.4, 0.5) is 5.95 Å². The molecule has 0 fully saturated rings. The smallest absolute Gasteiger partial charge is 0.243 e. The molecule has 0 unspecified atom stereocenters. The first-order valence-corrected chi connectivity index (χ1v) is 7.54. The molecule has 0 saturated heterocycles. The molecule has 3 rings (SSSR count). The largest absolute Gasteiger partial charge is 0.459 e. The number of aromatic nitrogens is 4. The van der Waals surface area contributed by atoms with Crippen molar-refractivity contribution < 1.29 is 9.52 Å². The monoisotopic (exact) mass is 313 g/mol. The van der Waals surface area contributed by atoms with Crippen LogP contribution in [-0.2, 0) is 13.1 Å². The summed E-state index contributed by atoms with van der Waals surface area (Å²) in [6, 6.07) is 11.5. The maximum absolute atomic E-state index is 9.54. The molecular formula is C16H19N5O2. The number of aliphatic hydroxyl groups excluding tert-OH is 1. The van der Waals surface area contributed by atoms with Crippen molar-refractivity contribution in [3.8, 4) is 11.3 Å². The Morgan fingerprint density at radius 2 is 2.00 bits per heavy atom. The molecule has 1 atom stereocenters. The summed E-state index contributed by atoms with van der Waals surface area (Å²) in [6.07, 6.45) is -0.468. The standard InChI is InChI=1S/C16H19N5O2/c1-3-21-16(18-19-20-21)17-10-14-8-9-15(23-14)13-6-4-12(5-7-13)11(2)22/h4-9,11,22H,3,10H2,1-2H3,(H,17,18,20)/t11-/m1/s1. The number of furan rings is 1. The number of tetrazole rings is 1. The third-order valence-corrected chi connectivity index (χ3v) is 3.59. The van der Waals surface area contributed by atoms with Crippen molar-refractivity contribution in [2.75, 3.05) is 5.32 Å². The van der Waals surface area contributed by atoms with Gasteiger partial charge in [-0.25, -0.2) is 4.68 Å². The lowest BCUT2D eigenvalue weighted by Gasteiger charge is -2.05. The number of benzene rings is 1. The van der Waals surface area contributed by atoms with Crippen LogP contribution >= 0.6 is 0 Å². The van der Waals surface area contributed by atoms with Gasteiger partial charge in [0.25, 0.3) is 0 Å². The second kappa shape index (κ2) is 6.62. The first-order chi connectivity index (χ1) is 11.2. The van der Waals surface area contributed by atoms with Crippen LogP contribution in [0, 0.1) is 0 Å². The highest BCUT2D eigenvalue weighted by atomic mass is 16.3. The summed E-state index contributed by atoms with van der Waals surface area (Å²) in [5, 5.41) is 24.1. The average molecular weight is 313 g/mol. The van der Waals surface area contributed by atoms with Gasteiger partial charge in [0, 0.05) is 12.1 Å². The van der Waals surface area contributed by atoms with E-state index >= 15 is 0 Å². The Balaban J connectivity index is 1.68. The molecule has 2 aromatic heterocycles. The SMILES string of the molecule is CCn1nnnc1NCc1ccc(-c2ccc([C@@H](C)O)cc2)o1. The van der Waals surface area contributed by atoms with Gasteiger partial charge in [-0.05, 0) is 42.0 Å². The highest BCUT2D eigenvalue weighted by molar-refractivity contribution is 5.58. The van der Waals surface area contributed by atoms with E-state index in [0.717, 1.165) is 22.6 Å². The topological polar surface area (TPSA) is 89.0 Å². The number of nitrogens with zero attached hydrogens (tertiary/aromatic N) is 4. The van der Waals surface area contributed by atoms with Gasteiger partial charge >= 0.3 is 0 Å². The molecule has 3 aromatic rings. The van der Waals surface area contributed by atoms with Crippen LogP contribution in [0.2, 0.25) is 0 Å². The van der Waals surface area contributed by atoms with Gasteiger partial charge in [0.2, 0.25) is 5.95 Å². The predicted molar refractivity (Wildman–Crippen MR) is 85.6 cm³/mol. The molecule has 0 aliphatic carbocycles. The molecule has 23 heavy (non-hydrogen) atoms. The highest BCUT2D eigenvalue weighted by Gasteiger charge is 2.08. The van der Waals surface area contributed by atoms with Crippen molar-refractivity contribution in [2.24, 2.45) is 0 Å². The van der Waals surface area contributed by atoms with Crippen molar-refractivity contribution in [1.82, 2.24) is 20.2 Å². The lowest BCUT2D eigenvalue weighted by molar-refractivity contribution is 0.199. The van der Waals surface area contributed by atoms with Crippen LogP contribution in [0.3, 0.4) is 0 Å². The van der Waals surface area contributed by atoms with E-state index < -0.39 is 6.10 Å². The van der Waals surface area contributed by atoms with Crippen molar-refractivity contribution in [3.63, 3.8) is 0 Å². The quantitative estimate of drug-likeness (QED) is 0.727. The zero-order valence-corrected chi connectivity index (χ0v) is 13.1. The van der Waals surface area contributed by atoms with Crippen molar-refractivity contribution >= 4 is 5.95 Å². The summed E-state index contributed by atoms with van der Waals surface area (Å²) in [4.78, 5) is 0. The fourth-order valence-corrected chi connectivity index (χ4v) is 2.26. The zero-order valence-electron chi connectivity index (χ0n) is 13.1. The third kappa shape index (κ3) is 3.40. The van der Waals surface area contributed by atoms with E-state index in [0.29, 0.717) is 19.0 Å². The molecule has 0 spiro atoms. The maximum Gasteiger partial charge on any atom is 0.243 e. The molecule has 7 heteroatoms. The molecule has 7 nitrogen and oxygen atoms in total. The zero-order chi connectivity index (χ0) is 16.2. The van der Waals surface area contributed by atoms with Gasteiger partial charge in [-0.15, -0.1) is 0 Å². The maximum atomic E-state index is 9.54. The fourth-order valence-electron chi connectivity index (χ4n) is 2.26. The van der Waals surface area contributed by atoms with E-state index in [-0.39, 0.29) is 0 Å². The number of hydrogen-bond donors (Lipinski definition) is 2. The lowest BCUT2D eigenvalue weighted by Crippen LogP contribution is -2.07. The van der Waals surface area contributed by atoms with Crippen molar-refractivity contribution in [3.05, 3.63) is 47.7 Å². The molecule has 2 N–H and O–H groups in total. The van der Waals surface area contributed by atoms with Gasteiger partial charge in [0.05, 0.1) is 12.6 Å². The van der Waals surface area contributed by atoms with E-state index in [1.165, 1.54) is 0 Å². The molecule has 0 aliphatic heterocycles. The summed E-state index contributed by atoms with van der Waals surface area (Å²) >= 11 is 0. The summed E-state index contributed by atoms with van der Waals surface area (Å²) in [5.74, 6) is 2.20. The molecule has 0 aliphatic rings. The van der Waals surface area contributed by atoms with Crippen LogP contribution < -0.4 is 5.32 Å². The summed E-state index contributed by atoms with van der Waals surface area (Å²) in [6.45, 7) is 4.93. The molecule has 1 aromatic carbocycles. The average Bonchev–Trinajstić information content (AvgIpc) is 3.21. The van der Waals surface area contributed by atoms with E-state index in [2.05, 4.69) is 20.8 Å². The van der Waals surface area contributed by atoms with Crippen molar-refractivity contribution in [2.45, 2.75) is 33.0 Å². The number of hydrogen-bond acceptors (Lipinski definition) is 6. The van der Waals surface area contributed by atoms with Crippen LogP contribution in [0.5, 0.6) is 0 Å². The molecule has 0 amide bonds. The number of aryl methyl sites for hydroxylation is 1. The van der Waals surface area contributed by atoms with Crippen LogP contribution in [0.15, 0.2) is 40.8 Å². The molecule has 0 bridgehead atoms. The minimum atomic E-state index is -0.468. The van der Waals surface area contributed by atoms with E-state index in [9.17, 15) is 5.11 Å². The number of aliphatic hydroxyl groups is 1. The van der Waals surface area contributed by atoms with E-state index in [4.69, 9.17) is 4.42 Å². The van der Waals surface area contributed by atoms with E-state index in [1.54, 1.807) is 11.6 Å². The first-order valence-electron chi connectivity index (χ1n) is 7.54. The molecule has 2 heterocycles. The number of anilines is 1. The molecule has 0 radical (unpaired) electrons. The molecular weight excluding hydrogens is 294 g/mol. The Kier molecular flexibility index (Phi) is 4.38. The minimum absolute atomic E-state index is 0.468. The predicted octanol–water partition coefficient (Wildman–Crippen LogP) is 2.62. The fraction of sp³-hybridized carbons (Fsp3) is 0.312. The summed E-state index contributed by atoms with van der Waals surface area (Å²) < 4.78 is 7.52. The Labute approximate surface area is 133 Å². The normalized spacial score (nSPS) is 12.3. The third-order valence-electron chi connectivity index (χ3n) is 3.59. The summed E-state index contributed by atoms with van der Waals surface area (Å²) in [7, 11) is 0. The van der Waals surface area contributed by atoms with Gasteiger partial charge in [0.15, 0.2) is 0 Å². The molecule has 0 saturated carbocycles. The van der Waals surface area contributed by atoms with Gasteiger partial charge in [-0.1, -0.05) is 29.4 Å². The summed E-state index contributed by atoms with van der Waals surface area (Å²) in [5.41, 5.74) is 1.85. The Bertz CT molecular complexity index is 761. The van der Waals surface area contributed by atoms with E-state index in [1.807, 2.05) is 43.3 Å². The Morgan fingerprint density at radius 1 is 1.22 bits per heavy atom. The number of rotatable bonds is 6.